The molecule has 36 heavy (non-hydrogen) atoms. The smallest absolute Gasteiger partial charge is 0.328 e. The Balaban J connectivity index is 1.94. The minimum absolute atomic E-state index is 0.185. The van der Waals surface area contributed by atoms with E-state index in [1.54, 1.807) is 38.1 Å². The number of ether oxygens (including phenoxy) is 2. The number of hydrogen-bond acceptors (Lipinski definition) is 7. The lowest BCUT2D eigenvalue weighted by atomic mass is 10.00. The molecule has 0 fully saturated rings. The molecule has 0 amide bonds. The quantitative estimate of drug-likeness (QED) is 0.382. The lowest BCUT2D eigenvalue weighted by molar-refractivity contribution is 0.296. The van der Waals surface area contributed by atoms with Gasteiger partial charge in [0.25, 0.3) is 5.88 Å². The third kappa shape index (κ3) is 4.83. The predicted octanol–water partition coefficient (Wildman–Crippen LogP) is 3.58. The zero-order valence-electron chi connectivity index (χ0n) is 20.6. The highest BCUT2D eigenvalue weighted by Crippen LogP contribution is 2.32. The summed E-state index contributed by atoms with van der Waals surface area (Å²) in [6, 6.07) is 6.97. The van der Waals surface area contributed by atoms with Crippen LogP contribution in [-0.4, -0.2) is 53.7 Å². The molecule has 0 bridgehead atoms. The van der Waals surface area contributed by atoms with Crippen molar-refractivity contribution in [2.75, 3.05) is 25.7 Å². The first kappa shape index (κ1) is 25.4. The van der Waals surface area contributed by atoms with Gasteiger partial charge in [-0.05, 0) is 50.6 Å². The van der Waals surface area contributed by atoms with Gasteiger partial charge in [0, 0.05) is 23.6 Å². The molecule has 9 nitrogen and oxygen atoms in total. The first-order chi connectivity index (χ1) is 17.0. The Hall–Kier alpha value is -3.73. The fraction of sp³-hybridized carbons (Fsp3) is 0.320. The van der Waals surface area contributed by atoms with Gasteiger partial charge in [-0.15, -0.1) is 0 Å². The van der Waals surface area contributed by atoms with E-state index in [1.807, 2.05) is 6.92 Å². The van der Waals surface area contributed by atoms with Gasteiger partial charge in [0.15, 0.2) is 11.4 Å². The summed E-state index contributed by atoms with van der Waals surface area (Å²) >= 11 is 0. The molecule has 1 atom stereocenters. The Kier molecular flexibility index (Phi) is 6.85. The van der Waals surface area contributed by atoms with E-state index >= 15 is 0 Å². The molecular formula is C25H27FN4O5S. The Morgan fingerprint density at radius 2 is 1.92 bits per heavy atom. The Morgan fingerprint density at radius 3 is 2.58 bits per heavy atom. The summed E-state index contributed by atoms with van der Waals surface area (Å²) in [5.41, 5.74) is 2.72. The number of benzene rings is 1. The summed E-state index contributed by atoms with van der Waals surface area (Å²) in [6.45, 7) is 5.71. The number of pyridine rings is 2. The van der Waals surface area contributed by atoms with Crippen LogP contribution >= 0.6 is 0 Å². The van der Waals surface area contributed by atoms with E-state index in [4.69, 9.17) is 9.47 Å². The third-order valence-corrected chi connectivity index (χ3v) is 6.79. The van der Waals surface area contributed by atoms with Gasteiger partial charge in [0.2, 0.25) is 0 Å². The van der Waals surface area contributed by atoms with Crippen molar-refractivity contribution in [1.82, 2.24) is 19.5 Å². The molecule has 1 aromatic carbocycles. The molecule has 0 unspecified atom stereocenters. The molecular weight excluding hydrogens is 487 g/mol. The van der Waals surface area contributed by atoms with Gasteiger partial charge in [0.05, 0.1) is 36.7 Å². The van der Waals surface area contributed by atoms with E-state index in [0.29, 0.717) is 40.3 Å². The van der Waals surface area contributed by atoms with E-state index in [9.17, 15) is 17.6 Å². The topological polar surface area (TPSA) is 116 Å². The summed E-state index contributed by atoms with van der Waals surface area (Å²) in [7, 11) is -2.09. The molecule has 4 rings (SSSR count). The van der Waals surface area contributed by atoms with Gasteiger partial charge in [-0.1, -0.05) is 11.6 Å². The standard InChI is InChI=1S/C25H27FN4O5S/c1-6-35-24-21(34-4)10-9-19(28-24)20(13-36(5,32)33)30-23-22(29-25(30)31)15(3)17(12-27-23)16-11-14(2)7-8-18(16)26/h7-12,20H,6,13H2,1-5H3,(H,29,31)/t20-/m1/s1. The highest BCUT2D eigenvalue weighted by atomic mass is 32.2. The van der Waals surface area contributed by atoms with E-state index < -0.39 is 33.1 Å². The van der Waals surface area contributed by atoms with Gasteiger partial charge in [-0.3, -0.25) is 4.57 Å². The SMILES string of the molecule is CCOc1nc([C@@H](CS(C)(=O)=O)n2c(=O)[nH]c3c(C)c(-c4cc(C)ccc4F)cnc32)ccc1OC. The van der Waals surface area contributed by atoms with Gasteiger partial charge in [0.1, 0.15) is 15.7 Å². The maximum absolute atomic E-state index is 14.6. The molecule has 0 aliphatic rings. The summed E-state index contributed by atoms with van der Waals surface area (Å²) in [5.74, 6) is -0.249. The zero-order valence-corrected chi connectivity index (χ0v) is 21.4. The molecule has 4 aromatic rings. The monoisotopic (exact) mass is 514 g/mol. The predicted molar refractivity (Wildman–Crippen MR) is 135 cm³/mol. The number of H-pyrrole nitrogens is 1. The second-order valence-corrected chi connectivity index (χ2v) is 10.7. The maximum atomic E-state index is 14.6. The molecule has 11 heteroatoms. The maximum Gasteiger partial charge on any atom is 0.328 e. The summed E-state index contributed by atoms with van der Waals surface area (Å²) in [4.78, 5) is 24.9. The number of rotatable bonds is 8. The highest BCUT2D eigenvalue weighted by Gasteiger charge is 2.27. The molecule has 3 aromatic heterocycles. The lowest BCUT2D eigenvalue weighted by Crippen LogP contribution is -2.29. The van der Waals surface area contributed by atoms with Crippen molar-refractivity contribution < 1.29 is 22.3 Å². The van der Waals surface area contributed by atoms with Crippen molar-refractivity contribution in [2.24, 2.45) is 0 Å². The van der Waals surface area contributed by atoms with Crippen molar-refractivity contribution in [1.29, 1.82) is 0 Å². The van der Waals surface area contributed by atoms with Crippen LogP contribution in [-0.2, 0) is 9.84 Å². The summed E-state index contributed by atoms with van der Waals surface area (Å²) in [6.07, 6.45) is 2.58. The largest absolute Gasteiger partial charge is 0.491 e. The van der Waals surface area contributed by atoms with Crippen LogP contribution in [0.1, 0.15) is 29.8 Å². The van der Waals surface area contributed by atoms with E-state index in [2.05, 4.69) is 15.0 Å². The number of methoxy groups -OCH3 is 1. The molecule has 0 spiro atoms. The van der Waals surface area contributed by atoms with Crippen molar-refractivity contribution >= 4 is 21.0 Å². The first-order valence-electron chi connectivity index (χ1n) is 11.3. The number of aryl methyl sites for hydroxylation is 2. The molecule has 0 radical (unpaired) electrons. The number of fused-ring (bicyclic) bond motifs is 1. The van der Waals surface area contributed by atoms with E-state index in [1.165, 1.54) is 23.9 Å². The number of halogens is 1. The van der Waals surface area contributed by atoms with Crippen molar-refractivity contribution in [3.05, 3.63) is 69.7 Å². The number of nitrogens with zero attached hydrogens (tertiary/aromatic N) is 3. The fourth-order valence-corrected chi connectivity index (χ4v) is 5.09. The van der Waals surface area contributed by atoms with Crippen LogP contribution in [0, 0.1) is 19.7 Å². The van der Waals surface area contributed by atoms with E-state index in [0.717, 1.165) is 11.8 Å². The lowest BCUT2D eigenvalue weighted by Gasteiger charge is -2.19. The second-order valence-electron chi connectivity index (χ2n) is 8.56. The number of hydrogen-bond donors (Lipinski definition) is 1. The van der Waals surface area contributed by atoms with Gasteiger partial charge >= 0.3 is 5.69 Å². The minimum atomic E-state index is -3.56. The van der Waals surface area contributed by atoms with Crippen molar-refractivity contribution in [3.8, 4) is 22.8 Å². The number of aromatic amines is 1. The van der Waals surface area contributed by atoms with Crippen LogP contribution in [0.15, 0.2) is 41.3 Å². The van der Waals surface area contributed by atoms with Crippen LogP contribution in [0.5, 0.6) is 11.6 Å². The average Bonchev–Trinajstić information content (AvgIpc) is 3.16. The van der Waals surface area contributed by atoms with Crippen LogP contribution in [0.2, 0.25) is 0 Å². The fourth-order valence-electron chi connectivity index (χ4n) is 4.19. The van der Waals surface area contributed by atoms with Crippen LogP contribution < -0.4 is 15.2 Å². The summed E-state index contributed by atoms with van der Waals surface area (Å²) in [5, 5.41) is 0. The number of aromatic nitrogens is 4. The second kappa shape index (κ2) is 9.73. The third-order valence-electron chi connectivity index (χ3n) is 5.87. The number of imidazole rings is 1. The van der Waals surface area contributed by atoms with Gasteiger partial charge in [-0.2, -0.15) is 0 Å². The number of sulfone groups is 1. The minimum Gasteiger partial charge on any atom is -0.491 e. The van der Waals surface area contributed by atoms with Crippen LogP contribution in [0.3, 0.4) is 0 Å². The van der Waals surface area contributed by atoms with Gasteiger partial charge < -0.3 is 14.5 Å². The van der Waals surface area contributed by atoms with Crippen LogP contribution in [0.4, 0.5) is 4.39 Å². The molecule has 0 aliphatic carbocycles. The Labute approximate surface area is 207 Å². The first-order valence-corrected chi connectivity index (χ1v) is 13.3. The van der Waals surface area contributed by atoms with Gasteiger partial charge in [-0.25, -0.2) is 27.6 Å². The molecule has 1 N–H and O–H groups in total. The normalized spacial score (nSPS) is 12.6. The molecule has 0 saturated carbocycles. The molecule has 0 saturated heterocycles. The summed E-state index contributed by atoms with van der Waals surface area (Å²) < 4.78 is 51.5. The average molecular weight is 515 g/mol. The Bertz CT molecular complexity index is 1610. The van der Waals surface area contributed by atoms with Crippen LogP contribution in [0.25, 0.3) is 22.3 Å². The van der Waals surface area contributed by atoms with Crippen molar-refractivity contribution in [2.45, 2.75) is 26.8 Å². The number of nitrogens with one attached hydrogen (secondary N) is 1. The molecule has 0 aliphatic heterocycles. The van der Waals surface area contributed by atoms with Crippen molar-refractivity contribution in [3.63, 3.8) is 0 Å². The zero-order chi connectivity index (χ0) is 26.2. The Morgan fingerprint density at radius 1 is 1.17 bits per heavy atom. The van der Waals surface area contributed by atoms with E-state index in [-0.39, 0.29) is 11.5 Å². The molecule has 3 heterocycles. The molecule has 190 valence electrons. The highest BCUT2D eigenvalue weighted by molar-refractivity contribution is 7.90.